The first-order valence-corrected chi connectivity index (χ1v) is 27.8. The third kappa shape index (κ3) is 8.66. The van der Waals surface area contributed by atoms with Gasteiger partial charge in [-0.15, -0.1) is 0 Å². The minimum Gasteiger partial charge on any atom is -0.308 e. The molecule has 0 unspecified atom stereocenters. The molecule has 16 rings (SSSR count). The molecule has 2 aromatic heterocycles. The fourth-order valence-electron chi connectivity index (χ4n) is 12.4. The van der Waals surface area contributed by atoms with Crippen LogP contribution >= 0.6 is 15.9 Å². The molecule has 16 aromatic rings. The predicted octanol–water partition coefficient (Wildman–Crippen LogP) is 22.9. The van der Waals surface area contributed by atoms with Gasteiger partial charge in [-0.2, -0.15) is 0 Å². The van der Waals surface area contributed by atoms with Crippen LogP contribution in [0.15, 0.2) is 302 Å². The van der Waals surface area contributed by atoms with Crippen LogP contribution in [-0.2, 0) is 0 Å². The molecule has 0 radical (unpaired) electrons. The normalized spacial score (nSPS) is 11.3. The summed E-state index contributed by atoms with van der Waals surface area (Å²) in [7, 11) is 0. The highest BCUT2D eigenvalue weighted by atomic mass is 79.9. The van der Waals surface area contributed by atoms with Crippen molar-refractivity contribution in [2.45, 2.75) is 14.9 Å². The highest BCUT2D eigenvalue weighted by Crippen LogP contribution is 2.47. The third-order valence-electron chi connectivity index (χ3n) is 15.9. The molecule has 0 aliphatic heterocycles. The van der Waals surface area contributed by atoms with Gasteiger partial charge in [0.05, 0.1) is 22.1 Å². The number of hydrogen-bond acceptors (Lipinski definition) is 0. The van der Waals surface area contributed by atoms with Gasteiger partial charge in [0, 0.05) is 59.6 Å². The zero-order valence-corrected chi connectivity index (χ0v) is 44.6. The van der Waals surface area contributed by atoms with E-state index in [4.69, 9.17) is 0 Å². The van der Waals surface area contributed by atoms with Crippen LogP contribution in [0.3, 0.4) is 0 Å². The van der Waals surface area contributed by atoms with Crippen molar-refractivity contribution in [2.75, 3.05) is 0 Å². The standard InChI is InChI=1S/C38H24BrN.C38H25N.2CH4/c39-30-20-18-28-23-31(21-19-27(28)22-30)40-37-33(25-10-3-1-4-11-25)16-9-17-34(37)35-24-29-14-7-8-15-32(29)36(38(35)40)26-12-5-2-6-13-26;1-3-13-27(14-4-1)33-20-11-21-34-35-25-30-18-9-10-19-32(30)36(28-15-5-2-6-16-28)38(35)39(37(33)34)31-23-22-26-12-7-8-17-29(26)24-31;;/h1-24H;1-25H;2*1H4. The van der Waals surface area contributed by atoms with Crippen LogP contribution < -0.4 is 0 Å². The number of aromatic nitrogens is 2. The third-order valence-corrected chi connectivity index (χ3v) is 16.4. The number of halogens is 1. The summed E-state index contributed by atoms with van der Waals surface area (Å²) in [5, 5.41) is 15.0. The van der Waals surface area contributed by atoms with Crippen LogP contribution in [0, 0.1) is 0 Å². The summed E-state index contributed by atoms with van der Waals surface area (Å²) in [6.45, 7) is 0. The lowest BCUT2D eigenvalue weighted by atomic mass is 9.94. The van der Waals surface area contributed by atoms with Crippen molar-refractivity contribution in [1.82, 2.24) is 9.13 Å². The van der Waals surface area contributed by atoms with Crippen LogP contribution in [-0.4, -0.2) is 9.13 Å². The van der Waals surface area contributed by atoms with Crippen molar-refractivity contribution in [3.8, 4) is 55.9 Å². The van der Waals surface area contributed by atoms with E-state index in [-0.39, 0.29) is 14.9 Å². The van der Waals surface area contributed by atoms with E-state index in [2.05, 4.69) is 322 Å². The molecule has 2 nitrogen and oxygen atoms in total. The second-order valence-electron chi connectivity index (χ2n) is 20.5. The number of rotatable bonds is 6. The zero-order chi connectivity index (χ0) is 52.4. The van der Waals surface area contributed by atoms with Gasteiger partial charge in [0.2, 0.25) is 0 Å². The highest BCUT2D eigenvalue weighted by molar-refractivity contribution is 9.10. The molecule has 0 fully saturated rings. The number of fused-ring (bicyclic) bond motifs is 10. The monoisotopic (exact) mass is 1100 g/mol. The first kappa shape index (κ1) is 50.7. The minimum atomic E-state index is 0. The molecule has 386 valence electrons. The molecule has 0 N–H and O–H groups in total. The Hall–Kier alpha value is -9.80. The second-order valence-corrected chi connectivity index (χ2v) is 21.4. The Balaban J connectivity index is 0.000000149. The van der Waals surface area contributed by atoms with Crippen molar-refractivity contribution in [1.29, 1.82) is 0 Å². The molecule has 14 aromatic carbocycles. The largest absolute Gasteiger partial charge is 0.308 e. The van der Waals surface area contributed by atoms with E-state index in [0.29, 0.717) is 0 Å². The lowest BCUT2D eigenvalue weighted by molar-refractivity contribution is 1.19. The topological polar surface area (TPSA) is 9.86 Å². The van der Waals surface area contributed by atoms with Crippen molar-refractivity contribution in [2.24, 2.45) is 0 Å². The molecule has 0 saturated heterocycles. The number of hydrogen-bond donors (Lipinski definition) is 0. The van der Waals surface area contributed by atoms with E-state index in [1.54, 1.807) is 0 Å². The molecule has 0 bridgehead atoms. The van der Waals surface area contributed by atoms with E-state index in [0.717, 1.165) is 10.2 Å². The zero-order valence-electron chi connectivity index (χ0n) is 43.1. The lowest BCUT2D eigenvalue weighted by Crippen LogP contribution is -1.98. The SMILES string of the molecule is Brc1ccc2cc(-n3c4c(-c5ccccc5)cccc4c4cc5ccccc5c(-c5ccccc5)c43)ccc2c1.C.C.c1ccc(-c2cccc3c4cc5ccccc5c(-c5ccccc5)c4n(-c4ccc5ccccc5c4)c23)cc1. The van der Waals surface area contributed by atoms with Gasteiger partial charge in [0.25, 0.3) is 0 Å². The Bertz CT molecular complexity index is 5000. The van der Waals surface area contributed by atoms with Crippen molar-refractivity contribution < 1.29 is 0 Å². The molecule has 0 aliphatic carbocycles. The molecule has 0 amide bonds. The van der Waals surface area contributed by atoms with Crippen LogP contribution in [0.2, 0.25) is 0 Å². The summed E-state index contributed by atoms with van der Waals surface area (Å²) in [4.78, 5) is 0. The average Bonchev–Trinajstić information content (AvgIpc) is 4.27. The fraction of sp³-hybridized carbons (Fsp3) is 0.0256. The lowest BCUT2D eigenvalue weighted by Gasteiger charge is -2.16. The summed E-state index contributed by atoms with van der Waals surface area (Å²) in [5.41, 5.74) is 17.2. The van der Waals surface area contributed by atoms with Gasteiger partial charge in [-0.25, -0.2) is 0 Å². The van der Waals surface area contributed by atoms with E-state index in [9.17, 15) is 0 Å². The Morgan fingerprint density at radius 3 is 1.04 bits per heavy atom. The summed E-state index contributed by atoms with van der Waals surface area (Å²) >= 11 is 3.64. The Morgan fingerprint density at radius 1 is 0.222 bits per heavy atom. The van der Waals surface area contributed by atoms with Crippen LogP contribution in [0.25, 0.3) is 143 Å². The molecule has 0 saturated carbocycles. The van der Waals surface area contributed by atoms with Gasteiger partial charge in [-0.3, -0.25) is 0 Å². The summed E-state index contributed by atoms with van der Waals surface area (Å²) in [6.07, 6.45) is 0. The van der Waals surface area contributed by atoms with Crippen molar-refractivity contribution >= 4 is 103 Å². The van der Waals surface area contributed by atoms with Crippen LogP contribution in [0.4, 0.5) is 0 Å². The predicted molar refractivity (Wildman–Crippen MR) is 354 cm³/mol. The van der Waals surface area contributed by atoms with E-state index in [1.807, 2.05) is 0 Å². The van der Waals surface area contributed by atoms with E-state index >= 15 is 0 Å². The van der Waals surface area contributed by atoms with Crippen LogP contribution in [0.1, 0.15) is 14.9 Å². The van der Waals surface area contributed by atoms with Crippen molar-refractivity contribution in [3.05, 3.63) is 302 Å². The fourth-order valence-corrected chi connectivity index (χ4v) is 12.8. The van der Waals surface area contributed by atoms with Crippen LogP contribution in [0.5, 0.6) is 0 Å². The smallest absolute Gasteiger partial charge is 0.0626 e. The summed E-state index contributed by atoms with van der Waals surface area (Å²) in [6, 6.07) is 108. The highest BCUT2D eigenvalue weighted by Gasteiger charge is 2.24. The Kier molecular flexibility index (Phi) is 13.2. The van der Waals surface area contributed by atoms with E-state index < -0.39 is 0 Å². The first-order valence-electron chi connectivity index (χ1n) is 27.0. The van der Waals surface area contributed by atoms with Gasteiger partial charge in [-0.05, 0) is 114 Å². The molecular formula is C78H57BrN2. The first-order chi connectivity index (χ1) is 39.1. The minimum absolute atomic E-state index is 0. The molecule has 0 aliphatic rings. The van der Waals surface area contributed by atoms with Gasteiger partial charge < -0.3 is 9.13 Å². The maximum Gasteiger partial charge on any atom is 0.0626 e. The Labute approximate surface area is 481 Å². The molecular weight excluding hydrogens is 1040 g/mol. The summed E-state index contributed by atoms with van der Waals surface area (Å²) < 4.78 is 6.10. The molecule has 0 spiro atoms. The van der Waals surface area contributed by atoms with E-state index in [1.165, 1.54) is 137 Å². The molecule has 0 atom stereocenters. The quantitative estimate of drug-likeness (QED) is 0.157. The van der Waals surface area contributed by atoms with Gasteiger partial charge in [-0.1, -0.05) is 280 Å². The number of benzene rings is 14. The second kappa shape index (κ2) is 21.1. The van der Waals surface area contributed by atoms with Crippen molar-refractivity contribution in [3.63, 3.8) is 0 Å². The molecule has 81 heavy (non-hydrogen) atoms. The number of nitrogens with zero attached hydrogens (tertiary/aromatic N) is 2. The van der Waals surface area contributed by atoms with Gasteiger partial charge in [0.15, 0.2) is 0 Å². The number of para-hydroxylation sites is 2. The average molecular weight is 1100 g/mol. The van der Waals surface area contributed by atoms with Gasteiger partial charge >= 0.3 is 0 Å². The summed E-state index contributed by atoms with van der Waals surface area (Å²) in [5.74, 6) is 0. The maximum absolute atomic E-state index is 3.64. The maximum atomic E-state index is 3.64. The Morgan fingerprint density at radius 2 is 0.568 bits per heavy atom. The molecule has 2 heterocycles. The van der Waals surface area contributed by atoms with Gasteiger partial charge in [0.1, 0.15) is 0 Å². The molecule has 3 heteroatoms.